The van der Waals surface area contributed by atoms with Gasteiger partial charge >= 0.3 is 0 Å². The second kappa shape index (κ2) is 28.4. The van der Waals surface area contributed by atoms with E-state index in [0.29, 0.717) is 48.8 Å². The van der Waals surface area contributed by atoms with E-state index < -0.39 is 9.85 Å². The molecule has 5 aromatic carbocycles. The molecule has 19 nitrogen and oxygen atoms in total. The highest BCUT2D eigenvalue weighted by molar-refractivity contribution is 9.11. The van der Waals surface area contributed by atoms with Crippen LogP contribution in [0, 0.1) is 32.6 Å². The van der Waals surface area contributed by atoms with Crippen molar-refractivity contribution in [2.24, 2.45) is 0 Å². The minimum Gasteiger partial charge on any atom is -0.495 e. The zero-order valence-corrected chi connectivity index (χ0v) is 49.1. The predicted octanol–water partition coefficient (Wildman–Crippen LogP) is 14.0. The molecule has 0 spiro atoms. The largest absolute Gasteiger partial charge is 0.495 e. The molecule has 9 aromatic rings. The summed E-state index contributed by atoms with van der Waals surface area (Å²) in [5.41, 5.74) is 21.5. The molecule has 4 aromatic heterocycles. The van der Waals surface area contributed by atoms with E-state index in [0.717, 1.165) is 60.3 Å². The van der Waals surface area contributed by atoms with Gasteiger partial charge in [-0.15, -0.1) is 6.42 Å². The van der Waals surface area contributed by atoms with E-state index in [1.54, 1.807) is 31.6 Å². The number of hydrogen-bond acceptors (Lipinski definition) is 15. The molecular weight excluding hydrogens is 1240 g/mol. The maximum absolute atomic E-state index is 11.3. The van der Waals surface area contributed by atoms with E-state index in [-0.39, 0.29) is 24.5 Å². The molecule has 0 radical (unpaired) electrons. The summed E-state index contributed by atoms with van der Waals surface area (Å²) >= 11 is 15.5. The number of nitrogen functional groups attached to an aromatic ring is 2. The van der Waals surface area contributed by atoms with Crippen molar-refractivity contribution < 1.29 is 24.1 Å². The number of aromatic nitrogens is 6. The number of aryl methyl sites for hydroxylation is 2. The molecule has 0 bridgehead atoms. The van der Waals surface area contributed by atoms with Gasteiger partial charge in [-0.05, 0) is 126 Å². The molecule has 0 saturated carbocycles. The number of nitro groups is 2. The molecule has 0 fully saturated rings. The van der Waals surface area contributed by atoms with Crippen LogP contribution in [-0.4, -0.2) is 85.8 Å². The monoisotopic (exact) mass is 1290 g/mol. The Morgan fingerprint density at radius 2 is 1.20 bits per heavy atom. The van der Waals surface area contributed by atoms with Crippen LogP contribution in [-0.2, 0) is 25.9 Å². The van der Waals surface area contributed by atoms with E-state index in [9.17, 15) is 20.2 Å². The molecule has 2 aliphatic rings. The zero-order chi connectivity index (χ0) is 56.9. The van der Waals surface area contributed by atoms with Crippen molar-refractivity contribution in [2.75, 3.05) is 58.8 Å². The van der Waals surface area contributed by atoms with Gasteiger partial charge in [0.1, 0.15) is 17.2 Å². The number of nitrogens with one attached hydrogen (secondary N) is 1. The van der Waals surface area contributed by atoms with Gasteiger partial charge in [0.15, 0.2) is 0 Å². The predicted molar refractivity (Wildman–Crippen MR) is 329 cm³/mol. The Bertz CT molecular complexity index is 3720. The fourth-order valence-electron chi connectivity index (χ4n) is 8.97. The van der Waals surface area contributed by atoms with Crippen LogP contribution in [0.4, 0.5) is 34.4 Å². The summed E-state index contributed by atoms with van der Waals surface area (Å²) in [7, 11) is 8.44. The molecule has 23 heteroatoms. The first-order valence-corrected chi connectivity index (χ1v) is 27.0. The summed E-state index contributed by atoms with van der Waals surface area (Å²) in [6.07, 6.45) is 12.8. The summed E-state index contributed by atoms with van der Waals surface area (Å²) in [5, 5.41) is 27.6. The molecule has 0 atom stereocenters. The van der Waals surface area contributed by atoms with Crippen LogP contribution in [0.2, 0.25) is 5.28 Å². The summed E-state index contributed by atoms with van der Waals surface area (Å²) in [6.45, 7) is 2.83. The maximum atomic E-state index is 11.3. The summed E-state index contributed by atoms with van der Waals surface area (Å²) in [6, 6.07) is 31.9. The van der Waals surface area contributed by atoms with Gasteiger partial charge in [-0.1, -0.05) is 65.7 Å². The number of fused-ring (bicyclic) bond motifs is 6. The van der Waals surface area contributed by atoms with Gasteiger partial charge in [0.25, 0.3) is 11.4 Å². The molecule has 5 N–H and O–H groups in total. The lowest BCUT2D eigenvalue weighted by atomic mass is 10.1. The summed E-state index contributed by atoms with van der Waals surface area (Å²) < 4.78 is 21.7. The van der Waals surface area contributed by atoms with Crippen LogP contribution in [0.15, 0.2) is 129 Å². The number of methoxy groups -OCH3 is 3. The number of ether oxygens (including phenoxy) is 3. The molecule has 2 aliphatic heterocycles. The molecule has 0 amide bonds. The van der Waals surface area contributed by atoms with Crippen molar-refractivity contribution in [1.82, 2.24) is 34.0 Å². The van der Waals surface area contributed by atoms with Crippen LogP contribution < -0.4 is 31.0 Å². The van der Waals surface area contributed by atoms with Crippen molar-refractivity contribution in [3.05, 3.63) is 166 Å². The van der Waals surface area contributed by atoms with Gasteiger partial charge in [-0.3, -0.25) is 25.1 Å². The van der Waals surface area contributed by atoms with Gasteiger partial charge in [0, 0.05) is 98.5 Å². The topological polar surface area (TPSA) is 243 Å². The van der Waals surface area contributed by atoms with Gasteiger partial charge in [0.2, 0.25) is 11.2 Å². The molecule has 0 unspecified atom stereocenters. The number of rotatable bonds is 10. The Balaban J connectivity index is 0.000000180. The van der Waals surface area contributed by atoms with E-state index in [1.807, 2.05) is 49.3 Å². The number of terminal acetylenes is 1. The van der Waals surface area contributed by atoms with Crippen molar-refractivity contribution in [3.63, 3.8) is 0 Å². The Morgan fingerprint density at radius 1 is 0.700 bits per heavy atom. The van der Waals surface area contributed by atoms with Gasteiger partial charge in [-0.2, -0.15) is 0 Å². The molecule has 80 heavy (non-hydrogen) atoms. The fourth-order valence-corrected chi connectivity index (χ4v) is 10.4. The minimum absolute atomic E-state index is 0. The number of anilines is 4. The summed E-state index contributed by atoms with van der Waals surface area (Å²) in [5.74, 6) is 4.40. The number of nitro benzene ring substituents is 2. The van der Waals surface area contributed by atoms with E-state index in [1.165, 1.54) is 77.6 Å². The first kappa shape index (κ1) is 61.4. The quantitative estimate of drug-likeness (QED) is 0.0379. The standard InChI is InChI=1S/C22H18BrN5O3.C15H12ClN3.C7H7BrN2O3.C7H8BrNO.C5H9N.CH4/c1-31-20-11-14(23)19(28(29)30)12-16(20)26-22-24-9-8-15(25-22)21-13-5-2-3-6-17(13)27-10-4-7-18(21)27;16-15-17-8-7-11(18-15)14-10-4-1-2-5-12(10)19-9-3-6-13(14)19;1-13-7-2-4(8)6(10(11)12)3-5(7)9;1-10-7-4-5(8)2-3-6(7)9;1-4-5-6(2)3;/h2-3,5-6,8-9,11-12H,4,7,10H2,1H3,(H,24,25,26);1-2,4-5,7-8H,3,6,9H2;2-3H,9H2,1H3;2-4H,9H2,1H3;1H,5H2,2-3H3;1H4. The fraction of sp³-hybridized carbons (Fsp3) is 0.228. The van der Waals surface area contributed by atoms with Crippen LogP contribution in [0.5, 0.6) is 17.2 Å². The smallest absolute Gasteiger partial charge is 0.285 e. The summed E-state index contributed by atoms with van der Waals surface area (Å²) in [4.78, 5) is 40.2. The van der Waals surface area contributed by atoms with Crippen molar-refractivity contribution in [1.29, 1.82) is 0 Å². The molecule has 0 aliphatic carbocycles. The van der Waals surface area contributed by atoms with Crippen molar-refractivity contribution in [3.8, 4) is 52.1 Å². The van der Waals surface area contributed by atoms with E-state index in [2.05, 4.69) is 126 Å². The number of nitrogens with zero attached hydrogens (tertiary/aromatic N) is 9. The molecule has 6 heterocycles. The normalized spacial score (nSPS) is 11.6. The van der Waals surface area contributed by atoms with Crippen molar-refractivity contribution >= 4 is 116 Å². The van der Waals surface area contributed by atoms with Gasteiger partial charge < -0.3 is 40.1 Å². The Morgan fingerprint density at radius 3 is 1.69 bits per heavy atom. The third kappa shape index (κ3) is 14.5. The number of halogens is 4. The molecule has 416 valence electrons. The Kier molecular flexibility index (Phi) is 21.8. The second-order valence-electron chi connectivity index (χ2n) is 17.7. The Hall–Kier alpha value is -7.81. The average Bonchev–Trinajstić information content (AvgIpc) is 4.45. The number of benzene rings is 5. The lowest BCUT2D eigenvalue weighted by molar-refractivity contribution is -0.385. The highest BCUT2D eigenvalue weighted by atomic mass is 79.9. The third-order valence-electron chi connectivity index (χ3n) is 12.4. The lowest BCUT2D eigenvalue weighted by Crippen LogP contribution is -2.10. The minimum atomic E-state index is -0.514. The van der Waals surface area contributed by atoms with Crippen LogP contribution >= 0.6 is 59.4 Å². The number of nitrogens with two attached hydrogens (primary N) is 2. The average molecular weight is 1300 g/mol. The Labute approximate surface area is 493 Å². The van der Waals surface area contributed by atoms with Crippen LogP contribution in [0.1, 0.15) is 31.7 Å². The van der Waals surface area contributed by atoms with Crippen molar-refractivity contribution in [2.45, 2.75) is 46.2 Å². The molecule has 0 saturated heterocycles. The SMILES string of the molecule is C.C#CCN(C)C.COc1cc(Br)c([N+](=O)[O-])cc1N.COc1cc(Br)c([N+](=O)[O-])cc1Nc1nccc(-c2c3n(c4ccccc24)CCC3)n1.COc1cc(Br)ccc1N.Clc1nccc(-c2c3n(c4ccccc24)CCC3)n1. The third-order valence-corrected chi connectivity index (χ3v) is 14.3. The van der Waals surface area contributed by atoms with E-state index >= 15 is 0 Å². The first-order chi connectivity index (χ1) is 38.0. The maximum Gasteiger partial charge on any atom is 0.285 e. The molecular formula is C57H58Br3ClN12O7. The van der Waals surface area contributed by atoms with Crippen LogP contribution in [0.3, 0.4) is 0 Å². The second-order valence-corrected chi connectivity index (χ2v) is 20.6. The molecule has 11 rings (SSSR count). The lowest BCUT2D eigenvalue weighted by Gasteiger charge is -2.11. The van der Waals surface area contributed by atoms with Gasteiger partial charge in [0.05, 0.1) is 75.1 Å². The number of hydrogen-bond donors (Lipinski definition) is 3. The van der Waals surface area contributed by atoms with Gasteiger partial charge in [-0.25, -0.2) is 19.9 Å². The first-order valence-electron chi connectivity index (χ1n) is 24.2. The van der Waals surface area contributed by atoms with E-state index in [4.69, 9.17) is 48.7 Å². The highest BCUT2D eigenvalue weighted by Crippen LogP contribution is 2.41. The zero-order valence-electron chi connectivity index (χ0n) is 43.5. The highest BCUT2D eigenvalue weighted by Gasteiger charge is 2.25. The number of para-hydroxylation sites is 2. The van der Waals surface area contributed by atoms with Crippen LogP contribution in [0.25, 0.3) is 44.3 Å².